The second kappa shape index (κ2) is 7.66. The molecule has 0 fully saturated rings. The van der Waals surface area contributed by atoms with Gasteiger partial charge in [0.25, 0.3) is 5.91 Å². The summed E-state index contributed by atoms with van der Waals surface area (Å²) in [5.41, 5.74) is 1.78. The molecule has 100 valence electrons. The van der Waals surface area contributed by atoms with Crippen LogP contribution in [0.4, 0.5) is 0 Å². The van der Waals surface area contributed by atoms with Crippen LogP contribution in [0.2, 0.25) is 0 Å². The first-order valence-electron chi connectivity index (χ1n) is 6.18. The molecular formula is C13H21N3O2. The zero-order valence-electron chi connectivity index (χ0n) is 11.2. The van der Waals surface area contributed by atoms with E-state index in [0.717, 1.165) is 24.4 Å². The van der Waals surface area contributed by atoms with Gasteiger partial charge < -0.3 is 15.4 Å². The molecule has 5 nitrogen and oxygen atoms in total. The Kier molecular flexibility index (Phi) is 6.14. The number of aromatic nitrogens is 1. The Morgan fingerprint density at radius 1 is 1.44 bits per heavy atom. The molecule has 0 aliphatic carbocycles. The SMILES string of the molecule is CCCNCc1nc(C)ccc1OCC(=O)NC. The van der Waals surface area contributed by atoms with Crippen LogP contribution in [-0.2, 0) is 11.3 Å². The summed E-state index contributed by atoms with van der Waals surface area (Å²) < 4.78 is 5.46. The first-order chi connectivity index (χ1) is 8.67. The van der Waals surface area contributed by atoms with Crippen molar-refractivity contribution < 1.29 is 9.53 Å². The molecule has 1 heterocycles. The number of hydrogen-bond acceptors (Lipinski definition) is 4. The van der Waals surface area contributed by atoms with E-state index in [9.17, 15) is 4.79 Å². The van der Waals surface area contributed by atoms with E-state index in [1.165, 1.54) is 0 Å². The van der Waals surface area contributed by atoms with Gasteiger partial charge in [-0.2, -0.15) is 0 Å². The number of amides is 1. The number of hydrogen-bond donors (Lipinski definition) is 2. The maximum absolute atomic E-state index is 11.2. The molecule has 0 aliphatic heterocycles. The van der Waals surface area contributed by atoms with Crippen molar-refractivity contribution in [2.24, 2.45) is 0 Å². The number of carbonyl (C=O) groups excluding carboxylic acids is 1. The highest BCUT2D eigenvalue weighted by Gasteiger charge is 2.07. The largest absolute Gasteiger partial charge is 0.482 e. The third-order valence-electron chi connectivity index (χ3n) is 2.43. The van der Waals surface area contributed by atoms with E-state index < -0.39 is 0 Å². The van der Waals surface area contributed by atoms with Crippen molar-refractivity contribution in [3.63, 3.8) is 0 Å². The van der Waals surface area contributed by atoms with Crippen molar-refractivity contribution in [1.29, 1.82) is 0 Å². The van der Waals surface area contributed by atoms with Gasteiger partial charge in [0.1, 0.15) is 5.75 Å². The number of carbonyl (C=O) groups is 1. The van der Waals surface area contributed by atoms with Gasteiger partial charge in [-0.15, -0.1) is 0 Å². The van der Waals surface area contributed by atoms with Crippen LogP contribution in [0.15, 0.2) is 12.1 Å². The van der Waals surface area contributed by atoms with E-state index in [-0.39, 0.29) is 12.5 Å². The third kappa shape index (κ3) is 4.71. The van der Waals surface area contributed by atoms with E-state index in [0.29, 0.717) is 12.3 Å². The summed E-state index contributed by atoms with van der Waals surface area (Å²) >= 11 is 0. The van der Waals surface area contributed by atoms with E-state index >= 15 is 0 Å². The first kappa shape index (κ1) is 14.4. The van der Waals surface area contributed by atoms with Gasteiger partial charge in [-0.3, -0.25) is 9.78 Å². The van der Waals surface area contributed by atoms with Crippen LogP contribution in [0.1, 0.15) is 24.7 Å². The van der Waals surface area contributed by atoms with Crippen molar-refractivity contribution in [2.45, 2.75) is 26.8 Å². The van der Waals surface area contributed by atoms with Crippen molar-refractivity contribution in [3.8, 4) is 5.75 Å². The normalized spacial score (nSPS) is 10.2. The number of nitrogens with zero attached hydrogens (tertiary/aromatic N) is 1. The Balaban J connectivity index is 2.66. The standard InChI is InChI=1S/C13H21N3O2/c1-4-7-15-8-11-12(6-5-10(2)16-11)18-9-13(17)14-3/h5-6,15H,4,7-9H2,1-3H3,(H,14,17). The molecule has 0 saturated heterocycles. The van der Waals surface area contributed by atoms with Gasteiger partial charge in [-0.05, 0) is 32.0 Å². The molecule has 0 atom stereocenters. The van der Waals surface area contributed by atoms with E-state index in [4.69, 9.17) is 4.74 Å². The van der Waals surface area contributed by atoms with Crippen LogP contribution in [0.25, 0.3) is 0 Å². The Morgan fingerprint density at radius 3 is 2.89 bits per heavy atom. The highest BCUT2D eigenvalue weighted by molar-refractivity contribution is 5.77. The van der Waals surface area contributed by atoms with Gasteiger partial charge in [0, 0.05) is 19.3 Å². The van der Waals surface area contributed by atoms with Gasteiger partial charge >= 0.3 is 0 Å². The minimum atomic E-state index is -0.150. The zero-order valence-corrected chi connectivity index (χ0v) is 11.2. The van der Waals surface area contributed by atoms with Gasteiger partial charge in [0.15, 0.2) is 6.61 Å². The Morgan fingerprint density at radius 2 is 2.22 bits per heavy atom. The minimum Gasteiger partial charge on any atom is -0.482 e. The summed E-state index contributed by atoms with van der Waals surface area (Å²) in [6.07, 6.45) is 1.07. The second-order valence-electron chi connectivity index (χ2n) is 4.04. The molecule has 1 aromatic heterocycles. The Hall–Kier alpha value is -1.62. The lowest BCUT2D eigenvalue weighted by Gasteiger charge is -2.11. The molecule has 2 N–H and O–H groups in total. The van der Waals surface area contributed by atoms with Crippen LogP contribution in [0, 0.1) is 6.92 Å². The lowest BCUT2D eigenvalue weighted by Crippen LogP contribution is -2.25. The van der Waals surface area contributed by atoms with Gasteiger partial charge in [-0.1, -0.05) is 6.92 Å². The highest BCUT2D eigenvalue weighted by atomic mass is 16.5. The summed E-state index contributed by atoms with van der Waals surface area (Å²) in [6, 6.07) is 3.73. The molecule has 0 unspecified atom stereocenters. The maximum atomic E-state index is 11.2. The monoisotopic (exact) mass is 251 g/mol. The van der Waals surface area contributed by atoms with Crippen molar-refractivity contribution >= 4 is 5.91 Å². The predicted molar refractivity (Wildman–Crippen MR) is 70.5 cm³/mol. The number of ether oxygens (including phenoxy) is 1. The van der Waals surface area contributed by atoms with E-state index in [1.807, 2.05) is 19.1 Å². The second-order valence-corrected chi connectivity index (χ2v) is 4.04. The Bertz CT molecular complexity index is 394. The Labute approximate surface area is 108 Å². The summed E-state index contributed by atoms with van der Waals surface area (Å²) in [4.78, 5) is 15.6. The van der Waals surface area contributed by atoms with Crippen molar-refractivity contribution in [3.05, 3.63) is 23.5 Å². The molecule has 1 amide bonds. The van der Waals surface area contributed by atoms with Crippen molar-refractivity contribution in [1.82, 2.24) is 15.6 Å². The van der Waals surface area contributed by atoms with E-state index in [1.54, 1.807) is 7.05 Å². The molecule has 5 heteroatoms. The quantitative estimate of drug-likeness (QED) is 0.710. The average Bonchev–Trinajstić information content (AvgIpc) is 2.37. The van der Waals surface area contributed by atoms with Crippen LogP contribution in [0.3, 0.4) is 0 Å². The zero-order chi connectivity index (χ0) is 13.4. The minimum absolute atomic E-state index is 0.0159. The fourth-order valence-corrected chi connectivity index (χ4v) is 1.45. The molecule has 0 bridgehead atoms. The van der Waals surface area contributed by atoms with Crippen LogP contribution < -0.4 is 15.4 Å². The lowest BCUT2D eigenvalue weighted by molar-refractivity contribution is -0.122. The number of nitrogens with one attached hydrogen (secondary N) is 2. The third-order valence-corrected chi connectivity index (χ3v) is 2.43. The smallest absolute Gasteiger partial charge is 0.257 e. The molecule has 1 rings (SSSR count). The maximum Gasteiger partial charge on any atom is 0.257 e. The fourth-order valence-electron chi connectivity index (χ4n) is 1.45. The highest BCUT2D eigenvalue weighted by Crippen LogP contribution is 2.16. The topological polar surface area (TPSA) is 63.3 Å². The summed E-state index contributed by atoms with van der Waals surface area (Å²) in [5, 5.41) is 5.80. The summed E-state index contributed by atoms with van der Waals surface area (Å²) in [5.74, 6) is 0.510. The van der Waals surface area contributed by atoms with Gasteiger partial charge in [0.05, 0.1) is 5.69 Å². The van der Waals surface area contributed by atoms with Gasteiger partial charge in [-0.25, -0.2) is 0 Å². The van der Waals surface area contributed by atoms with Crippen LogP contribution in [0.5, 0.6) is 5.75 Å². The molecular weight excluding hydrogens is 230 g/mol. The van der Waals surface area contributed by atoms with Crippen LogP contribution in [-0.4, -0.2) is 31.1 Å². The first-order valence-corrected chi connectivity index (χ1v) is 6.18. The number of pyridine rings is 1. The predicted octanol–water partition coefficient (Wildman–Crippen LogP) is 1.01. The summed E-state index contributed by atoms with van der Waals surface area (Å²) in [7, 11) is 1.59. The molecule has 0 spiro atoms. The molecule has 18 heavy (non-hydrogen) atoms. The molecule has 0 saturated carbocycles. The molecule has 0 aromatic carbocycles. The molecule has 1 aromatic rings. The molecule has 0 radical (unpaired) electrons. The lowest BCUT2D eigenvalue weighted by atomic mass is 10.2. The van der Waals surface area contributed by atoms with E-state index in [2.05, 4.69) is 22.5 Å². The van der Waals surface area contributed by atoms with Crippen molar-refractivity contribution in [2.75, 3.05) is 20.2 Å². The summed E-state index contributed by atoms with van der Waals surface area (Å²) in [6.45, 7) is 5.65. The van der Waals surface area contributed by atoms with Crippen LogP contribution >= 0.6 is 0 Å². The fraction of sp³-hybridized carbons (Fsp3) is 0.538. The average molecular weight is 251 g/mol. The number of likely N-dealkylation sites (N-methyl/N-ethyl adjacent to an activating group) is 1. The van der Waals surface area contributed by atoms with Gasteiger partial charge in [0.2, 0.25) is 0 Å². The number of rotatable bonds is 7. The number of aryl methyl sites for hydroxylation is 1. The molecule has 0 aliphatic rings.